The number of hydrogen-bond acceptors (Lipinski definition) is 7. The highest BCUT2D eigenvalue weighted by Gasteiger charge is 2.55. The lowest BCUT2D eigenvalue weighted by molar-refractivity contribution is -0.150. The predicted molar refractivity (Wildman–Crippen MR) is 101 cm³/mol. The number of rotatable bonds is 10. The van der Waals surface area contributed by atoms with Crippen LogP contribution in [0.15, 0.2) is 0 Å². The summed E-state index contributed by atoms with van der Waals surface area (Å²) >= 11 is 0. The third-order valence-electron chi connectivity index (χ3n) is 5.69. The van der Waals surface area contributed by atoms with E-state index in [4.69, 9.17) is 15.4 Å². The van der Waals surface area contributed by atoms with Gasteiger partial charge in [0.2, 0.25) is 10.0 Å². The predicted octanol–water partition coefficient (Wildman–Crippen LogP) is 1.59. The largest absolute Gasteiger partial charge is 0.381 e. The summed E-state index contributed by atoms with van der Waals surface area (Å²) in [6.07, 6.45) is 6.09. The number of carbonyl (C=O) groups is 1. The molecule has 0 spiro atoms. The molecule has 0 unspecified atom stereocenters. The normalized spacial score (nSPS) is 21.9. The summed E-state index contributed by atoms with van der Waals surface area (Å²) in [6, 6.07) is 0. The molecule has 0 bridgehead atoms. The summed E-state index contributed by atoms with van der Waals surface area (Å²) in [6.45, 7) is 5.02. The van der Waals surface area contributed by atoms with Gasteiger partial charge in [-0.3, -0.25) is 0 Å². The van der Waals surface area contributed by atoms with Crippen molar-refractivity contribution in [2.24, 2.45) is 11.8 Å². The molecular formula is C18H34N2O6S. The third-order valence-corrected chi connectivity index (χ3v) is 8.29. The Kier molecular flexibility index (Phi) is 8.94. The summed E-state index contributed by atoms with van der Waals surface area (Å²) in [5.41, 5.74) is 0. The SMILES string of the molecule is CCCOCCCCC1CCN(S(=O)(=O)C2(C(=O)ON)CCOCC2)CC1. The van der Waals surface area contributed by atoms with E-state index >= 15 is 0 Å². The molecule has 0 aromatic heterocycles. The van der Waals surface area contributed by atoms with Crippen LogP contribution in [0.25, 0.3) is 0 Å². The molecule has 0 aromatic carbocycles. The highest BCUT2D eigenvalue weighted by atomic mass is 32.2. The Labute approximate surface area is 162 Å². The number of sulfonamides is 1. The van der Waals surface area contributed by atoms with Gasteiger partial charge in [0.15, 0.2) is 4.75 Å². The molecule has 0 atom stereocenters. The first-order valence-electron chi connectivity index (χ1n) is 10.0. The molecule has 8 nitrogen and oxygen atoms in total. The fraction of sp³-hybridized carbons (Fsp3) is 0.944. The van der Waals surface area contributed by atoms with E-state index in [0.717, 1.165) is 51.7 Å². The molecular weight excluding hydrogens is 372 g/mol. The Bertz CT molecular complexity index is 554. The summed E-state index contributed by atoms with van der Waals surface area (Å²) in [4.78, 5) is 16.6. The van der Waals surface area contributed by atoms with Crippen LogP contribution in [0.3, 0.4) is 0 Å². The van der Waals surface area contributed by atoms with Gasteiger partial charge < -0.3 is 14.3 Å². The first kappa shape index (κ1) is 22.5. The summed E-state index contributed by atoms with van der Waals surface area (Å²) in [5, 5.41) is 0. The fourth-order valence-corrected chi connectivity index (χ4v) is 6.07. The van der Waals surface area contributed by atoms with Gasteiger partial charge in [-0.2, -0.15) is 5.90 Å². The summed E-state index contributed by atoms with van der Waals surface area (Å²) in [7, 11) is -3.84. The summed E-state index contributed by atoms with van der Waals surface area (Å²) < 4.78 is 37.1. The molecule has 158 valence electrons. The molecule has 2 heterocycles. The lowest BCUT2D eigenvalue weighted by atomic mass is 9.92. The van der Waals surface area contributed by atoms with E-state index in [1.54, 1.807) is 0 Å². The van der Waals surface area contributed by atoms with Crippen LogP contribution in [-0.4, -0.2) is 63.0 Å². The minimum Gasteiger partial charge on any atom is -0.381 e. The van der Waals surface area contributed by atoms with Gasteiger partial charge in [-0.1, -0.05) is 19.8 Å². The van der Waals surface area contributed by atoms with Crippen molar-refractivity contribution in [2.75, 3.05) is 39.5 Å². The number of nitrogens with two attached hydrogens (primary N) is 1. The molecule has 2 rings (SSSR count). The molecule has 0 saturated carbocycles. The second kappa shape index (κ2) is 10.7. The Morgan fingerprint density at radius 2 is 1.85 bits per heavy atom. The van der Waals surface area contributed by atoms with E-state index in [2.05, 4.69) is 11.8 Å². The van der Waals surface area contributed by atoms with Crippen LogP contribution in [0.4, 0.5) is 0 Å². The zero-order chi connectivity index (χ0) is 19.8. The molecule has 27 heavy (non-hydrogen) atoms. The Morgan fingerprint density at radius 3 is 2.44 bits per heavy atom. The van der Waals surface area contributed by atoms with Crippen molar-refractivity contribution in [3.05, 3.63) is 0 Å². The standard InChI is InChI=1S/C18H34N2O6S/c1-2-12-24-13-4-3-5-16-6-10-20(11-7-16)27(22,23)18(17(21)26-19)8-14-25-15-9-18/h16H,2-15,19H2,1H3. The monoisotopic (exact) mass is 406 g/mol. The number of nitrogens with zero attached hydrogens (tertiary/aromatic N) is 1. The smallest absolute Gasteiger partial charge is 0.347 e. The molecule has 2 aliphatic heterocycles. The number of hydrogen-bond donors (Lipinski definition) is 1. The molecule has 2 fully saturated rings. The van der Waals surface area contributed by atoms with Crippen molar-refractivity contribution in [3.8, 4) is 0 Å². The Hall–Kier alpha value is -0.740. The second-order valence-corrected chi connectivity index (χ2v) is 9.72. The third kappa shape index (κ3) is 5.41. The van der Waals surface area contributed by atoms with Crippen molar-refractivity contribution in [2.45, 2.75) is 63.0 Å². The van der Waals surface area contributed by atoms with Crippen LogP contribution < -0.4 is 5.90 Å². The maximum atomic E-state index is 13.2. The Balaban J connectivity index is 1.87. The zero-order valence-corrected chi connectivity index (χ0v) is 17.2. The van der Waals surface area contributed by atoms with Crippen LogP contribution in [0.5, 0.6) is 0 Å². The number of ether oxygens (including phenoxy) is 2. The van der Waals surface area contributed by atoms with Crippen LogP contribution in [0.1, 0.15) is 58.3 Å². The van der Waals surface area contributed by atoms with Gasteiger partial charge >= 0.3 is 5.97 Å². The van der Waals surface area contributed by atoms with Gasteiger partial charge in [0.1, 0.15) is 0 Å². The van der Waals surface area contributed by atoms with E-state index in [1.807, 2.05) is 0 Å². The molecule has 0 amide bonds. The van der Waals surface area contributed by atoms with Crippen molar-refractivity contribution >= 4 is 16.0 Å². The average molecular weight is 407 g/mol. The van der Waals surface area contributed by atoms with Crippen LogP contribution in [-0.2, 0) is 29.1 Å². The van der Waals surface area contributed by atoms with E-state index in [1.165, 1.54) is 4.31 Å². The highest BCUT2D eigenvalue weighted by molar-refractivity contribution is 7.91. The quantitative estimate of drug-likeness (QED) is 0.433. The lowest BCUT2D eigenvalue weighted by Gasteiger charge is -2.40. The maximum Gasteiger partial charge on any atom is 0.347 e. The lowest BCUT2D eigenvalue weighted by Crippen LogP contribution is -2.58. The fourth-order valence-electron chi connectivity index (χ4n) is 3.94. The maximum absolute atomic E-state index is 13.2. The molecule has 0 aliphatic carbocycles. The summed E-state index contributed by atoms with van der Waals surface area (Å²) in [5.74, 6) is 4.70. The van der Waals surface area contributed by atoms with Gasteiger partial charge in [-0.25, -0.2) is 17.5 Å². The van der Waals surface area contributed by atoms with Crippen molar-refractivity contribution in [3.63, 3.8) is 0 Å². The van der Waals surface area contributed by atoms with Gasteiger partial charge in [0, 0.05) is 52.4 Å². The first-order valence-corrected chi connectivity index (χ1v) is 11.5. The highest BCUT2D eigenvalue weighted by Crippen LogP contribution is 2.36. The molecule has 2 N–H and O–H groups in total. The average Bonchev–Trinajstić information content (AvgIpc) is 2.70. The molecule has 0 aromatic rings. The van der Waals surface area contributed by atoms with Crippen LogP contribution in [0.2, 0.25) is 0 Å². The molecule has 2 aliphatic rings. The zero-order valence-electron chi connectivity index (χ0n) is 16.4. The number of carbonyl (C=O) groups excluding carboxylic acids is 1. The van der Waals surface area contributed by atoms with E-state index in [0.29, 0.717) is 19.0 Å². The van der Waals surface area contributed by atoms with Gasteiger partial charge in [-0.05, 0) is 31.6 Å². The molecule has 9 heteroatoms. The second-order valence-electron chi connectivity index (χ2n) is 7.47. The van der Waals surface area contributed by atoms with Gasteiger partial charge in [0.25, 0.3) is 0 Å². The minimum atomic E-state index is -3.84. The molecule has 2 saturated heterocycles. The van der Waals surface area contributed by atoms with Crippen molar-refractivity contribution < 1.29 is 27.5 Å². The topological polar surface area (TPSA) is 108 Å². The van der Waals surface area contributed by atoms with Gasteiger partial charge in [-0.15, -0.1) is 0 Å². The van der Waals surface area contributed by atoms with Crippen LogP contribution in [0, 0.1) is 5.92 Å². The van der Waals surface area contributed by atoms with E-state index < -0.39 is 20.7 Å². The number of unbranched alkanes of at least 4 members (excludes halogenated alkanes) is 1. The van der Waals surface area contributed by atoms with Crippen LogP contribution >= 0.6 is 0 Å². The number of piperidine rings is 1. The first-order chi connectivity index (χ1) is 13.0. The molecule has 0 radical (unpaired) electrons. The van der Waals surface area contributed by atoms with E-state index in [-0.39, 0.29) is 26.1 Å². The van der Waals surface area contributed by atoms with E-state index in [9.17, 15) is 13.2 Å². The van der Waals surface area contributed by atoms with Crippen molar-refractivity contribution in [1.29, 1.82) is 0 Å². The minimum absolute atomic E-state index is 0.0864. The van der Waals surface area contributed by atoms with Crippen molar-refractivity contribution in [1.82, 2.24) is 4.31 Å². The van der Waals surface area contributed by atoms with Gasteiger partial charge in [0.05, 0.1) is 0 Å². The Morgan fingerprint density at radius 1 is 1.19 bits per heavy atom.